The van der Waals surface area contributed by atoms with Gasteiger partial charge in [-0.15, -0.1) is 0 Å². The molecular weight excluding hydrogens is 196 g/mol. The summed E-state index contributed by atoms with van der Waals surface area (Å²) in [7, 11) is 1.76. The van der Waals surface area contributed by atoms with Gasteiger partial charge in [-0.05, 0) is 19.3 Å². The van der Waals surface area contributed by atoms with Crippen molar-refractivity contribution in [3.8, 4) is 0 Å². The summed E-state index contributed by atoms with van der Waals surface area (Å²) in [5.74, 6) is -0.0209. The van der Waals surface area contributed by atoms with Gasteiger partial charge < -0.3 is 20.5 Å². The summed E-state index contributed by atoms with van der Waals surface area (Å²) in [5.41, 5.74) is 5.23. The topological polar surface area (TPSA) is 75.8 Å². The Balaban J connectivity index is 3.42. The number of aliphatic hydroxyl groups is 1. The summed E-state index contributed by atoms with van der Waals surface area (Å²) in [5, 5.41) is 8.57. The Hall–Kier alpha value is -0.650. The highest BCUT2D eigenvalue weighted by atomic mass is 16.5. The summed E-state index contributed by atoms with van der Waals surface area (Å²) in [6.07, 6.45) is 2.66. The van der Waals surface area contributed by atoms with Crippen LogP contribution in [0.4, 0.5) is 0 Å². The van der Waals surface area contributed by atoms with Crippen molar-refractivity contribution in [1.29, 1.82) is 0 Å². The van der Waals surface area contributed by atoms with E-state index in [4.69, 9.17) is 15.6 Å². The largest absolute Gasteiger partial charge is 0.396 e. The summed E-state index contributed by atoms with van der Waals surface area (Å²) in [4.78, 5) is 13.0. The second kappa shape index (κ2) is 9.89. The highest BCUT2D eigenvalue weighted by molar-refractivity contribution is 5.77. The molecule has 0 heterocycles. The molecule has 5 heteroatoms. The molecule has 15 heavy (non-hydrogen) atoms. The molecule has 0 unspecified atom stereocenters. The molecule has 90 valence electrons. The van der Waals surface area contributed by atoms with Crippen LogP contribution in [0.5, 0.6) is 0 Å². The van der Waals surface area contributed by atoms with E-state index in [1.54, 1.807) is 11.9 Å². The van der Waals surface area contributed by atoms with Crippen LogP contribution >= 0.6 is 0 Å². The average molecular weight is 218 g/mol. The number of aliphatic hydroxyl groups excluding tert-OH is 1. The van der Waals surface area contributed by atoms with Crippen LogP contribution in [-0.2, 0) is 9.53 Å². The number of hydrogen-bond acceptors (Lipinski definition) is 4. The monoisotopic (exact) mass is 218 g/mol. The van der Waals surface area contributed by atoms with E-state index in [9.17, 15) is 4.79 Å². The number of nitrogens with two attached hydrogens (primary N) is 1. The fourth-order valence-electron chi connectivity index (χ4n) is 1.12. The van der Waals surface area contributed by atoms with Gasteiger partial charge in [-0.3, -0.25) is 4.79 Å². The molecule has 0 aliphatic carbocycles. The molecule has 0 aliphatic rings. The van der Waals surface area contributed by atoms with Crippen molar-refractivity contribution in [3.05, 3.63) is 0 Å². The van der Waals surface area contributed by atoms with Crippen LogP contribution in [0.15, 0.2) is 0 Å². The van der Waals surface area contributed by atoms with Crippen LogP contribution in [-0.4, -0.2) is 55.9 Å². The smallest absolute Gasteiger partial charge is 0.248 e. The van der Waals surface area contributed by atoms with Crippen LogP contribution in [0.25, 0.3) is 0 Å². The maximum atomic E-state index is 11.4. The Kier molecular flexibility index (Phi) is 9.46. The van der Waals surface area contributed by atoms with Gasteiger partial charge in [0.1, 0.15) is 6.61 Å². The molecule has 0 fully saturated rings. The van der Waals surface area contributed by atoms with Gasteiger partial charge in [0, 0.05) is 26.7 Å². The number of likely N-dealkylation sites (N-methyl/N-ethyl adjacent to an activating group) is 1. The Morgan fingerprint density at radius 3 is 2.73 bits per heavy atom. The summed E-state index contributed by atoms with van der Waals surface area (Å²) >= 11 is 0. The van der Waals surface area contributed by atoms with E-state index in [0.29, 0.717) is 19.7 Å². The molecule has 0 spiro atoms. The van der Waals surface area contributed by atoms with Crippen LogP contribution in [0.3, 0.4) is 0 Å². The number of hydrogen-bond donors (Lipinski definition) is 2. The predicted octanol–water partition coefficient (Wildman–Crippen LogP) is -0.417. The predicted molar refractivity (Wildman–Crippen MR) is 58.4 cm³/mol. The maximum Gasteiger partial charge on any atom is 0.248 e. The molecule has 0 saturated carbocycles. The quantitative estimate of drug-likeness (QED) is 0.515. The fraction of sp³-hybridized carbons (Fsp3) is 0.900. The van der Waals surface area contributed by atoms with Crippen molar-refractivity contribution in [2.24, 2.45) is 5.73 Å². The van der Waals surface area contributed by atoms with E-state index in [-0.39, 0.29) is 19.1 Å². The highest BCUT2D eigenvalue weighted by Crippen LogP contribution is 1.97. The van der Waals surface area contributed by atoms with E-state index in [1.807, 2.05) is 0 Å². The molecule has 0 aromatic carbocycles. The molecule has 5 nitrogen and oxygen atoms in total. The second-order valence-electron chi connectivity index (χ2n) is 3.44. The first-order valence-corrected chi connectivity index (χ1v) is 5.35. The Bertz CT molecular complexity index is 165. The van der Waals surface area contributed by atoms with Crippen LogP contribution in [0.1, 0.15) is 19.3 Å². The van der Waals surface area contributed by atoms with Gasteiger partial charge in [0.15, 0.2) is 0 Å². The van der Waals surface area contributed by atoms with Crippen molar-refractivity contribution in [2.45, 2.75) is 19.3 Å². The van der Waals surface area contributed by atoms with E-state index in [0.717, 1.165) is 19.3 Å². The number of nitrogens with zero attached hydrogens (tertiary/aromatic N) is 1. The normalized spacial score (nSPS) is 10.3. The van der Waals surface area contributed by atoms with Crippen LogP contribution in [0.2, 0.25) is 0 Å². The molecule has 0 bridgehead atoms. The third kappa shape index (κ3) is 8.35. The first kappa shape index (κ1) is 14.3. The van der Waals surface area contributed by atoms with Gasteiger partial charge in [-0.1, -0.05) is 0 Å². The minimum absolute atomic E-state index is 0.0209. The number of carbonyl (C=O) groups excluding carboxylic acids is 1. The third-order valence-electron chi connectivity index (χ3n) is 2.07. The first-order valence-electron chi connectivity index (χ1n) is 5.35. The molecule has 0 aromatic rings. The zero-order valence-electron chi connectivity index (χ0n) is 9.45. The molecule has 0 rings (SSSR count). The first-order chi connectivity index (χ1) is 7.22. The second-order valence-corrected chi connectivity index (χ2v) is 3.44. The van der Waals surface area contributed by atoms with E-state index in [2.05, 4.69) is 0 Å². The van der Waals surface area contributed by atoms with Gasteiger partial charge in [0.05, 0.1) is 6.61 Å². The number of amides is 1. The average Bonchev–Trinajstić information content (AvgIpc) is 2.24. The Morgan fingerprint density at radius 1 is 1.40 bits per heavy atom. The minimum Gasteiger partial charge on any atom is -0.396 e. The van der Waals surface area contributed by atoms with E-state index < -0.39 is 0 Å². The molecule has 0 radical (unpaired) electrons. The molecule has 0 saturated heterocycles. The molecular formula is C10H22N2O3. The Morgan fingerprint density at radius 2 is 2.13 bits per heavy atom. The zero-order valence-corrected chi connectivity index (χ0v) is 9.45. The lowest BCUT2D eigenvalue weighted by atomic mass is 10.2. The minimum atomic E-state index is -0.0209. The number of ether oxygens (including phenoxy) is 1. The van der Waals surface area contributed by atoms with Gasteiger partial charge in [-0.25, -0.2) is 0 Å². The molecule has 3 N–H and O–H groups in total. The van der Waals surface area contributed by atoms with Crippen molar-refractivity contribution in [1.82, 2.24) is 4.90 Å². The van der Waals surface area contributed by atoms with E-state index >= 15 is 0 Å². The fourth-order valence-corrected chi connectivity index (χ4v) is 1.12. The summed E-state index contributed by atoms with van der Waals surface area (Å²) in [6, 6.07) is 0. The van der Waals surface area contributed by atoms with Gasteiger partial charge in [-0.2, -0.15) is 0 Å². The number of carbonyl (C=O) groups is 1. The standard InChI is InChI=1S/C10H22N2O3/c1-12(6-3-2-4-7-13)10(14)9-15-8-5-11/h13H,2-9,11H2,1H3. The van der Waals surface area contributed by atoms with Crippen molar-refractivity contribution in [2.75, 3.05) is 40.0 Å². The molecule has 0 atom stereocenters. The van der Waals surface area contributed by atoms with E-state index in [1.165, 1.54) is 0 Å². The van der Waals surface area contributed by atoms with Crippen molar-refractivity contribution < 1.29 is 14.6 Å². The van der Waals surface area contributed by atoms with Crippen molar-refractivity contribution in [3.63, 3.8) is 0 Å². The summed E-state index contributed by atoms with van der Waals surface area (Å²) < 4.78 is 5.04. The van der Waals surface area contributed by atoms with Crippen molar-refractivity contribution >= 4 is 5.91 Å². The third-order valence-corrected chi connectivity index (χ3v) is 2.07. The highest BCUT2D eigenvalue weighted by Gasteiger charge is 2.07. The molecule has 0 aromatic heterocycles. The van der Waals surface area contributed by atoms with Gasteiger partial charge in [0.25, 0.3) is 0 Å². The Labute approximate surface area is 91.2 Å². The van der Waals surface area contributed by atoms with Crippen LogP contribution < -0.4 is 5.73 Å². The molecule has 1 amide bonds. The van der Waals surface area contributed by atoms with Gasteiger partial charge in [0.2, 0.25) is 5.91 Å². The van der Waals surface area contributed by atoms with Crippen LogP contribution in [0, 0.1) is 0 Å². The lowest BCUT2D eigenvalue weighted by Gasteiger charge is -2.16. The summed E-state index contributed by atoms with van der Waals surface area (Å²) in [6.45, 7) is 1.90. The lowest BCUT2D eigenvalue weighted by Crippen LogP contribution is -2.31. The maximum absolute atomic E-state index is 11.4. The SMILES string of the molecule is CN(CCCCCO)C(=O)COCCN. The van der Waals surface area contributed by atoms with Gasteiger partial charge >= 0.3 is 0 Å². The number of rotatable bonds is 9. The lowest BCUT2D eigenvalue weighted by molar-refractivity contribution is -0.134. The molecule has 0 aliphatic heterocycles. The zero-order chi connectivity index (χ0) is 11.5. The number of unbranched alkanes of at least 4 members (excludes halogenated alkanes) is 2.